The molecule has 0 N–H and O–H groups in total. The Hall–Kier alpha value is -3.20. The first-order chi connectivity index (χ1) is 11.1. The Morgan fingerprint density at radius 1 is 1.39 bits per heavy atom. The van der Waals surface area contributed by atoms with E-state index < -0.39 is 5.97 Å². The van der Waals surface area contributed by atoms with Crippen LogP contribution < -0.4 is 0 Å². The average Bonchev–Trinajstić information content (AvgIpc) is 2.92. The molecule has 0 radical (unpaired) electrons. The first kappa shape index (κ1) is 14.7. The van der Waals surface area contributed by atoms with E-state index in [1.165, 1.54) is 7.11 Å². The van der Waals surface area contributed by atoms with Crippen molar-refractivity contribution >= 4 is 16.9 Å². The lowest BCUT2D eigenvalue weighted by atomic mass is 10.1. The molecule has 0 saturated carbocycles. The zero-order chi connectivity index (χ0) is 16.4. The van der Waals surface area contributed by atoms with Crippen molar-refractivity contribution in [3.05, 3.63) is 59.0 Å². The molecule has 3 rings (SSSR count). The molecule has 0 saturated heterocycles. The number of nitriles is 1. The fourth-order valence-electron chi connectivity index (χ4n) is 2.48. The average molecular weight is 306 g/mol. The quantitative estimate of drug-likeness (QED) is 0.694. The van der Waals surface area contributed by atoms with Gasteiger partial charge in [-0.3, -0.25) is 4.68 Å². The molecule has 6 heteroatoms. The molecule has 2 aromatic heterocycles. The monoisotopic (exact) mass is 306 g/mol. The second kappa shape index (κ2) is 5.89. The minimum absolute atomic E-state index is 0.189. The molecule has 0 aliphatic rings. The summed E-state index contributed by atoms with van der Waals surface area (Å²) in [6, 6.07) is 11.6. The molecule has 0 atom stereocenters. The number of rotatable bonds is 3. The highest BCUT2D eigenvalue weighted by Crippen LogP contribution is 2.21. The first-order valence-electron chi connectivity index (χ1n) is 7.03. The van der Waals surface area contributed by atoms with Crippen molar-refractivity contribution in [3.8, 4) is 6.07 Å². The molecular formula is C17H14N4O2. The summed E-state index contributed by atoms with van der Waals surface area (Å²) in [7, 11) is 1.31. The second-order valence-corrected chi connectivity index (χ2v) is 5.19. The lowest BCUT2D eigenvalue weighted by Gasteiger charge is -2.04. The summed E-state index contributed by atoms with van der Waals surface area (Å²) in [5, 5.41) is 13.9. The van der Waals surface area contributed by atoms with E-state index >= 15 is 0 Å². The number of hydrogen-bond acceptors (Lipinski definition) is 5. The molecular weight excluding hydrogens is 292 g/mol. The van der Waals surface area contributed by atoms with E-state index in [0.29, 0.717) is 17.4 Å². The summed E-state index contributed by atoms with van der Waals surface area (Å²) < 4.78 is 6.48. The van der Waals surface area contributed by atoms with Gasteiger partial charge in [0.05, 0.1) is 25.4 Å². The van der Waals surface area contributed by atoms with Crippen LogP contribution in [-0.4, -0.2) is 27.8 Å². The van der Waals surface area contributed by atoms with Gasteiger partial charge in [-0.1, -0.05) is 29.8 Å². The van der Waals surface area contributed by atoms with Crippen molar-refractivity contribution in [3.63, 3.8) is 0 Å². The Bertz CT molecular complexity index is 937. The molecule has 2 heterocycles. The van der Waals surface area contributed by atoms with Crippen LogP contribution >= 0.6 is 0 Å². The Balaban J connectivity index is 2.14. The molecule has 0 amide bonds. The Morgan fingerprint density at radius 2 is 2.22 bits per heavy atom. The number of aryl methyl sites for hydroxylation is 1. The van der Waals surface area contributed by atoms with Crippen molar-refractivity contribution in [2.45, 2.75) is 13.5 Å². The van der Waals surface area contributed by atoms with Crippen molar-refractivity contribution in [1.82, 2.24) is 14.8 Å². The fraction of sp³-hybridized carbons (Fsp3) is 0.176. The number of methoxy groups -OCH3 is 1. The van der Waals surface area contributed by atoms with Crippen LogP contribution in [-0.2, 0) is 11.3 Å². The number of benzene rings is 1. The maximum Gasteiger partial charge on any atom is 0.359 e. The summed E-state index contributed by atoms with van der Waals surface area (Å²) >= 11 is 0. The highest BCUT2D eigenvalue weighted by atomic mass is 16.5. The van der Waals surface area contributed by atoms with Crippen LogP contribution in [0.5, 0.6) is 0 Å². The molecule has 0 bridgehead atoms. The third-order valence-corrected chi connectivity index (χ3v) is 3.54. The van der Waals surface area contributed by atoms with Crippen LogP contribution in [0.15, 0.2) is 36.5 Å². The molecule has 0 aliphatic carbocycles. The minimum Gasteiger partial charge on any atom is -0.464 e. The van der Waals surface area contributed by atoms with Gasteiger partial charge in [0.2, 0.25) is 0 Å². The number of carbonyl (C=O) groups is 1. The lowest BCUT2D eigenvalue weighted by Crippen LogP contribution is -2.06. The van der Waals surface area contributed by atoms with Crippen LogP contribution in [0.1, 0.15) is 27.3 Å². The SMILES string of the molecule is COC(=O)c1nn(Cc2cccc(C)c2)c2cnc(C#N)cc12. The van der Waals surface area contributed by atoms with Gasteiger partial charge < -0.3 is 4.74 Å². The number of ether oxygens (including phenoxy) is 1. The number of hydrogen-bond donors (Lipinski definition) is 0. The van der Waals surface area contributed by atoms with Gasteiger partial charge in [-0.15, -0.1) is 0 Å². The highest BCUT2D eigenvalue weighted by Gasteiger charge is 2.19. The van der Waals surface area contributed by atoms with Crippen LogP contribution in [0.3, 0.4) is 0 Å². The molecule has 0 unspecified atom stereocenters. The molecule has 0 fully saturated rings. The van der Waals surface area contributed by atoms with E-state index in [1.54, 1.807) is 16.9 Å². The Kier molecular flexibility index (Phi) is 3.77. The molecule has 3 aromatic rings. The van der Waals surface area contributed by atoms with Gasteiger partial charge in [-0.2, -0.15) is 10.4 Å². The van der Waals surface area contributed by atoms with Gasteiger partial charge in [0.1, 0.15) is 11.8 Å². The topological polar surface area (TPSA) is 80.8 Å². The summed E-state index contributed by atoms with van der Waals surface area (Å²) in [6.07, 6.45) is 1.56. The van der Waals surface area contributed by atoms with Crippen molar-refractivity contribution < 1.29 is 9.53 Å². The lowest BCUT2D eigenvalue weighted by molar-refractivity contribution is 0.0595. The third-order valence-electron chi connectivity index (χ3n) is 3.54. The number of fused-ring (bicyclic) bond motifs is 1. The van der Waals surface area contributed by atoms with Gasteiger partial charge in [0.15, 0.2) is 5.69 Å². The maximum absolute atomic E-state index is 11.9. The van der Waals surface area contributed by atoms with E-state index in [2.05, 4.69) is 16.1 Å². The zero-order valence-corrected chi connectivity index (χ0v) is 12.8. The predicted molar refractivity (Wildman–Crippen MR) is 83.9 cm³/mol. The van der Waals surface area contributed by atoms with Gasteiger partial charge in [-0.25, -0.2) is 9.78 Å². The Labute approximate surface area is 132 Å². The van der Waals surface area contributed by atoms with Crippen LogP contribution in [0.2, 0.25) is 0 Å². The fourth-order valence-corrected chi connectivity index (χ4v) is 2.48. The molecule has 114 valence electrons. The van der Waals surface area contributed by atoms with Crippen LogP contribution in [0, 0.1) is 18.3 Å². The van der Waals surface area contributed by atoms with Gasteiger partial charge in [-0.05, 0) is 18.6 Å². The van der Waals surface area contributed by atoms with Crippen LogP contribution in [0.4, 0.5) is 0 Å². The minimum atomic E-state index is -0.534. The second-order valence-electron chi connectivity index (χ2n) is 5.19. The van der Waals surface area contributed by atoms with Crippen molar-refractivity contribution in [1.29, 1.82) is 5.26 Å². The number of carbonyl (C=O) groups excluding carboxylic acids is 1. The molecule has 0 aliphatic heterocycles. The van der Waals surface area contributed by atoms with Gasteiger partial charge in [0, 0.05) is 5.39 Å². The number of esters is 1. The van der Waals surface area contributed by atoms with Crippen LogP contribution in [0.25, 0.3) is 10.9 Å². The Morgan fingerprint density at radius 3 is 2.91 bits per heavy atom. The smallest absolute Gasteiger partial charge is 0.359 e. The predicted octanol–water partition coefficient (Wildman–Crippen LogP) is 2.45. The van der Waals surface area contributed by atoms with Crippen molar-refractivity contribution in [2.75, 3.05) is 7.11 Å². The maximum atomic E-state index is 11.9. The number of pyridine rings is 1. The third kappa shape index (κ3) is 2.77. The molecule has 1 aromatic carbocycles. The van der Waals surface area contributed by atoms with Crippen molar-refractivity contribution in [2.24, 2.45) is 0 Å². The van der Waals surface area contributed by atoms with Gasteiger partial charge in [0.25, 0.3) is 0 Å². The number of nitrogens with zero attached hydrogens (tertiary/aromatic N) is 4. The molecule has 0 spiro atoms. The van der Waals surface area contributed by atoms with E-state index in [9.17, 15) is 4.79 Å². The highest BCUT2D eigenvalue weighted by molar-refractivity contribution is 6.02. The molecule has 6 nitrogen and oxygen atoms in total. The standard InChI is InChI=1S/C17H14N4O2/c1-11-4-3-5-12(6-11)10-21-15-9-19-13(8-18)7-14(15)16(20-21)17(22)23-2/h3-7,9H,10H2,1-2H3. The summed E-state index contributed by atoms with van der Waals surface area (Å²) in [5.74, 6) is -0.534. The van der Waals surface area contributed by atoms with E-state index in [-0.39, 0.29) is 11.4 Å². The largest absolute Gasteiger partial charge is 0.464 e. The van der Waals surface area contributed by atoms with Gasteiger partial charge >= 0.3 is 5.97 Å². The summed E-state index contributed by atoms with van der Waals surface area (Å²) in [5.41, 5.74) is 3.32. The van der Waals surface area contributed by atoms with E-state index in [4.69, 9.17) is 10.00 Å². The number of aromatic nitrogens is 3. The first-order valence-corrected chi connectivity index (χ1v) is 7.03. The zero-order valence-electron chi connectivity index (χ0n) is 12.8. The molecule has 23 heavy (non-hydrogen) atoms. The summed E-state index contributed by atoms with van der Waals surface area (Å²) in [4.78, 5) is 16.0. The van der Waals surface area contributed by atoms with E-state index in [1.807, 2.05) is 31.2 Å². The van der Waals surface area contributed by atoms with E-state index in [0.717, 1.165) is 11.1 Å². The normalized spacial score (nSPS) is 10.5. The summed E-state index contributed by atoms with van der Waals surface area (Å²) in [6.45, 7) is 2.52.